The molecule has 0 saturated carbocycles. The van der Waals surface area contributed by atoms with E-state index in [4.69, 9.17) is 14.3 Å². The van der Waals surface area contributed by atoms with E-state index in [2.05, 4.69) is 4.98 Å². The molecule has 2 aromatic rings. The van der Waals surface area contributed by atoms with Crippen molar-refractivity contribution in [1.82, 2.24) is 4.98 Å². The first kappa shape index (κ1) is 14.1. The summed E-state index contributed by atoms with van der Waals surface area (Å²) in [5, 5.41) is 9.16. The fraction of sp³-hybridized carbons (Fsp3) is 0.333. The largest absolute Gasteiger partial charge is 0.493 e. The van der Waals surface area contributed by atoms with Crippen molar-refractivity contribution in [1.29, 1.82) is 0 Å². The third kappa shape index (κ3) is 2.82. The highest BCUT2D eigenvalue weighted by Gasteiger charge is 2.21. The molecule has 0 spiro atoms. The summed E-state index contributed by atoms with van der Waals surface area (Å²) in [6.07, 6.45) is 1.38. The van der Waals surface area contributed by atoms with Gasteiger partial charge in [0.1, 0.15) is 5.75 Å². The highest BCUT2D eigenvalue weighted by Crippen LogP contribution is 2.31. The maximum Gasteiger partial charge on any atom is 0.373 e. The van der Waals surface area contributed by atoms with Gasteiger partial charge in [-0.3, -0.25) is 0 Å². The van der Waals surface area contributed by atoms with E-state index in [1.54, 1.807) is 6.07 Å². The van der Waals surface area contributed by atoms with Crippen molar-refractivity contribution in [2.24, 2.45) is 0 Å². The van der Waals surface area contributed by atoms with Crippen molar-refractivity contribution < 1.29 is 19.1 Å². The summed E-state index contributed by atoms with van der Waals surface area (Å²) >= 11 is 0. The number of nitrogens with zero attached hydrogens (tertiary/aromatic N) is 1. The fourth-order valence-electron chi connectivity index (χ4n) is 1.96. The summed E-state index contributed by atoms with van der Waals surface area (Å²) in [6.45, 7) is 4.37. The summed E-state index contributed by atoms with van der Waals surface area (Å²) in [5.41, 5.74) is 1.14. The predicted molar refractivity (Wildman–Crippen MR) is 74.1 cm³/mol. The zero-order valence-electron chi connectivity index (χ0n) is 11.5. The minimum atomic E-state index is -1.10. The first-order valence-corrected chi connectivity index (χ1v) is 6.62. The Bertz CT molecular complexity index is 604. The Morgan fingerprint density at radius 3 is 2.75 bits per heavy atom. The normalized spacial score (nSPS) is 10.5. The number of carboxylic acid groups (broad SMARTS) is 1. The van der Waals surface area contributed by atoms with E-state index < -0.39 is 5.97 Å². The van der Waals surface area contributed by atoms with Crippen LogP contribution in [0, 0.1) is 0 Å². The standard InChI is InChI=1S/C15H17NO4/c1-3-7-11-13(15(17)18)20-14(16-11)10-8-5-6-9-12(10)19-4-2/h5-6,8-9H,3-4,7H2,1-2H3,(H,17,18). The highest BCUT2D eigenvalue weighted by molar-refractivity contribution is 5.86. The third-order valence-corrected chi connectivity index (χ3v) is 2.80. The van der Waals surface area contributed by atoms with E-state index in [-0.39, 0.29) is 11.7 Å². The molecule has 0 saturated heterocycles. The molecule has 106 valence electrons. The van der Waals surface area contributed by atoms with Gasteiger partial charge in [0.15, 0.2) is 0 Å². The number of carbonyl (C=O) groups is 1. The van der Waals surface area contributed by atoms with Crippen molar-refractivity contribution in [3.8, 4) is 17.2 Å². The lowest BCUT2D eigenvalue weighted by Crippen LogP contribution is -1.99. The molecular weight excluding hydrogens is 258 g/mol. The van der Waals surface area contributed by atoms with Gasteiger partial charge in [-0.25, -0.2) is 9.78 Å². The topological polar surface area (TPSA) is 72.6 Å². The lowest BCUT2D eigenvalue weighted by atomic mass is 10.2. The number of oxazole rings is 1. The Morgan fingerprint density at radius 1 is 1.35 bits per heavy atom. The smallest absolute Gasteiger partial charge is 0.373 e. The maximum absolute atomic E-state index is 11.2. The van der Waals surface area contributed by atoms with Gasteiger partial charge in [-0.05, 0) is 25.5 Å². The van der Waals surface area contributed by atoms with E-state index in [0.717, 1.165) is 6.42 Å². The number of para-hydroxylation sites is 1. The number of rotatable bonds is 6. The average molecular weight is 275 g/mol. The van der Waals surface area contributed by atoms with Gasteiger partial charge in [-0.2, -0.15) is 0 Å². The summed E-state index contributed by atoms with van der Waals surface area (Å²) in [7, 11) is 0. The van der Waals surface area contributed by atoms with Crippen molar-refractivity contribution in [3.05, 3.63) is 35.7 Å². The Kier molecular flexibility index (Phi) is 4.40. The molecule has 1 aromatic heterocycles. The van der Waals surface area contributed by atoms with E-state index in [9.17, 15) is 4.79 Å². The summed E-state index contributed by atoms with van der Waals surface area (Å²) in [4.78, 5) is 15.5. The van der Waals surface area contributed by atoms with Gasteiger partial charge in [0.25, 0.3) is 0 Å². The predicted octanol–water partition coefficient (Wildman–Crippen LogP) is 3.39. The molecule has 5 nitrogen and oxygen atoms in total. The molecule has 0 radical (unpaired) electrons. The first-order valence-electron chi connectivity index (χ1n) is 6.62. The van der Waals surface area contributed by atoms with Gasteiger partial charge in [0, 0.05) is 0 Å². The second kappa shape index (κ2) is 6.23. The fourth-order valence-corrected chi connectivity index (χ4v) is 1.96. The quantitative estimate of drug-likeness (QED) is 0.874. The molecule has 0 aliphatic carbocycles. The lowest BCUT2D eigenvalue weighted by molar-refractivity contribution is 0.0661. The van der Waals surface area contributed by atoms with Crippen LogP contribution in [0.5, 0.6) is 5.75 Å². The molecule has 0 unspecified atom stereocenters. The summed E-state index contributed by atoms with van der Waals surface area (Å²) < 4.78 is 10.9. The molecule has 0 atom stereocenters. The number of benzene rings is 1. The molecular formula is C15H17NO4. The molecule has 1 N–H and O–H groups in total. The first-order chi connectivity index (χ1) is 9.67. The van der Waals surface area contributed by atoms with Gasteiger partial charge in [-0.15, -0.1) is 0 Å². The Balaban J connectivity index is 2.47. The number of aromatic carboxylic acids is 1. The molecule has 1 aromatic carbocycles. The second-order valence-corrected chi connectivity index (χ2v) is 4.28. The Morgan fingerprint density at radius 2 is 2.10 bits per heavy atom. The van der Waals surface area contributed by atoms with Gasteiger partial charge in [0.05, 0.1) is 17.9 Å². The minimum Gasteiger partial charge on any atom is -0.493 e. The van der Waals surface area contributed by atoms with Crippen molar-refractivity contribution in [2.75, 3.05) is 6.61 Å². The molecule has 5 heteroatoms. The van der Waals surface area contributed by atoms with E-state index >= 15 is 0 Å². The third-order valence-electron chi connectivity index (χ3n) is 2.80. The van der Waals surface area contributed by atoms with Crippen molar-refractivity contribution in [2.45, 2.75) is 26.7 Å². The van der Waals surface area contributed by atoms with Crippen LogP contribution in [0.2, 0.25) is 0 Å². The highest BCUT2D eigenvalue weighted by atomic mass is 16.5. The minimum absolute atomic E-state index is 0.0897. The van der Waals surface area contributed by atoms with Gasteiger partial charge in [0.2, 0.25) is 11.7 Å². The Labute approximate surface area is 117 Å². The summed E-state index contributed by atoms with van der Waals surface area (Å²) in [5.74, 6) is -0.264. The van der Waals surface area contributed by atoms with Crippen LogP contribution < -0.4 is 4.74 Å². The number of aromatic nitrogens is 1. The van der Waals surface area contributed by atoms with Gasteiger partial charge < -0.3 is 14.3 Å². The molecule has 0 aliphatic heterocycles. The molecule has 0 amide bonds. The van der Waals surface area contributed by atoms with Crippen LogP contribution in [0.3, 0.4) is 0 Å². The van der Waals surface area contributed by atoms with E-state index in [1.165, 1.54) is 0 Å². The number of hydrogen-bond donors (Lipinski definition) is 1. The van der Waals surface area contributed by atoms with E-state index in [1.807, 2.05) is 32.0 Å². The van der Waals surface area contributed by atoms with Crippen LogP contribution in [0.4, 0.5) is 0 Å². The molecule has 0 aliphatic rings. The summed E-state index contributed by atoms with van der Waals surface area (Å²) in [6, 6.07) is 7.30. The number of ether oxygens (including phenoxy) is 1. The van der Waals surface area contributed by atoms with Crippen LogP contribution in [-0.2, 0) is 6.42 Å². The SMILES string of the molecule is CCCc1nc(-c2ccccc2OCC)oc1C(=O)O. The van der Waals surface area contributed by atoms with Crippen LogP contribution in [0.1, 0.15) is 36.5 Å². The van der Waals surface area contributed by atoms with Crippen LogP contribution in [0.15, 0.2) is 28.7 Å². The zero-order valence-corrected chi connectivity index (χ0v) is 11.5. The average Bonchev–Trinajstić information content (AvgIpc) is 2.84. The van der Waals surface area contributed by atoms with Crippen LogP contribution in [0.25, 0.3) is 11.5 Å². The molecule has 2 rings (SSSR count). The van der Waals surface area contributed by atoms with Gasteiger partial charge >= 0.3 is 5.97 Å². The maximum atomic E-state index is 11.2. The second-order valence-electron chi connectivity index (χ2n) is 4.28. The zero-order chi connectivity index (χ0) is 14.5. The number of carboxylic acids is 1. The van der Waals surface area contributed by atoms with Crippen molar-refractivity contribution in [3.63, 3.8) is 0 Å². The van der Waals surface area contributed by atoms with Crippen LogP contribution >= 0.6 is 0 Å². The molecule has 0 fully saturated rings. The monoisotopic (exact) mass is 275 g/mol. The van der Waals surface area contributed by atoms with Crippen molar-refractivity contribution >= 4 is 5.97 Å². The molecule has 0 bridgehead atoms. The molecule has 20 heavy (non-hydrogen) atoms. The van der Waals surface area contributed by atoms with Crippen LogP contribution in [-0.4, -0.2) is 22.7 Å². The van der Waals surface area contributed by atoms with E-state index in [0.29, 0.717) is 30.0 Å². The lowest BCUT2D eigenvalue weighted by Gasteiger charge is -2.06. The number of aryl methyl sites for hydroxylation is 1. The Hall–Kier alpha value is -2.30. The van der Waals surface area contributed by atoms with Gasteiger partial charge in [-0.1, -0.05) is 25.5 Å². The number of hydrogen-bond acceptors (Lipinski definition) is 4. The molecule has 1 heterocycles.